The van der Waals surface area contributed by atoms with Crippen molar-refractivity contribution in [1.82, 2.24) is 15.0 Å². The lowest BCUT2D eigenvalue weighted by Crippen LogP contribution is -2.33. The average molecular weight is 495 g/mol. The summed E-state index contributed by atoms with van der Waals surface area (Å²) < 4.78 is 45.6. The van der Waals surface area contributed by atoms with Crippen LogP contribution in [0.1, 0.15) is 30.9 Å². The second-order valence-corrected chi connectivity index (χ2v) is 8.54. The Labute approximate surface area is 203 Å². The summed E-state index contributed by atoms with van der Waals surface area (Å²) in [5.41, 5.74) is 1.25. The molecule has 8 nitrogen and oxygen atoms in total. The zero-order valence-electron chi connectivity index (χ0n) is 19.2. The van der Waals surface area contributed by atoms with E-state index < -0.39 is 23.7 Å². The maximum Gasteiger partial charge on any atom is 0.416 e. The maximum absolute atomic E-state index is 13.2. The van der Waals surface area contributed by atoms with Gasteiger partial charge in [0, 0.05) is 18.0 Å². The van der Waals surface area contributed by atoms with Gasteiger partial charge in [0.1, 0.15) is 17.8 Å². The number of fused-ring (bicyclic) bond motifs is 1. The van der Waals surface area contributed by atoms with E-state index in [4.69, 9.17) is 4.74 Å². The van der Waals surface area contributed by atoms with E-state index >= 15 is 0 Å². The van der Waals surface area contributed by atoms with Crippen molar-refractivity contribution in [1.29, 1.82) is 0 Å². The maximum atomic E-state index is 13.2. The Morgan fingerprint density at radius 1 is 1.00 bits per heavy atom. The highest BCUT2D eigenvalue weighted by molar-refractivity contribution is 6.27. The fourth-order valence-corrected chi connectivity index (χ4v) is 4.06. The first kappa shape index (κ1) is 23.3. The number of imidazole rings is 1. The van der Waals surface area contributed by atoms with Crippen LogP contribution in [-0.2, 0) is 11.0 Å². The Hall–Kier alpha value is -4.41. The predicted molar refractivity (Wildman–Crippen MR) is 126 cm³/mol. The number of H-pyrrole nitrogens is 1. The molecule has 36 heavy (non-hydrogen) atoms. The summed E-state index contributed by atoms with van der Waals surface area (Å²) >= 11 is 0. The first-order valence-corrected chi connectivity index (χ1v) is 11.0. The predicted octanol–water partition coefficient (Wildman–Crippen LogP) is 5.87. The van der Waals surface area contributed by atoms with Gasteiger partial charge in [-0.05, 0) is 47.9 Å². The van der Waals surface area contributed by atoms with Crippen molar-refractivity contribution < 1.29 is 27.5 Å². The number of carbonyl (C=O) groups is 2. The van der Waals surface area contributed by atoms with E-state index in [0.717, 1.165) is 27.5 Å². The molecular weight excluding hydrogens is 475 g/mol. The van der Waals surface area contributed by atoms with Crippen molar-refractivity contribution in [3.63, 3.8) is 0 Å². The number of carbonyl (C=O) groups excluding carboxylic acids is 2. The Kier molecular flexibility index (Phi) is 5.62. The first-order chi connectivity index (χ1) is 17.1. The number of pyridine rings is 1. The molecule has 184 valence electrons. The fraction of sp³-hybridized carbons (Fsp3) is 0.200. The molecule has 0 unspecified atom stereocenters. The molecule has 1 fully saturated rings. The SMILES string of the molecule is CC(C)c1cc(N2C(=O)CN(c3cccc(C(F)(F)F)c3)C2=O)ccc1Oc1ccnc2nc[nH]c12. The summed E-state index contributed by atoms with van der Waals surface area (Å²) in [5.74, 6) is 0.446. The summed E-state index contributed by atoms with van der Waals surface area (Å²) in [7, 11) is 0. The molecule has 2 aromatic carbocycles. The van der Waals surface area contributed by atoms with E-state index in [1.165, 1.54) is 18.5 Å². The van der Waals surface area contributed by atoms with Crippen molar-refractivity contribution in [3.05, 3.63) is 72.2 Å². The minimum Gasteiger partial charge on any atom is -0.455 e. The van der Waals surface area contributed by atoms with E-state index in [0.29, 0.717) is 28.4 Å². The summed E-state index contributed by atoms with van der Waals surface area (Å²) in [6.07, 6.45) is -1.48. The van der Waals surface area contributed by atoms with E-state index in [2.05, 4.69) is 15.0 Å². The van der Waals surface area contributed by atoms with Crippen LogP contribution in [0, 0.1) is 0 Å². The molecule has 11 heteroatoms. The van der Waals surface area contributed by atoms with E-state index in [-0.39, 0.29) is 18.2 Å². The van der Waals surface area contributed by atoms with Crippen LogP contribution in [0.3, 0.4) is 0 Å². The molecule has 0 aliphatic carbocycles. The van der Waals surface area contributed by atoms with Crippen molar-refractivity contribution in [2.75, 3.05) is 16.3 Å². The van der Waals surface area contributed by atoms with Gasteiger partial charge in [0.25, 0.3) is 5.91 Å². The third-order valence-corrected chi connectivity index (χ3v) is 5.83. The third-order valence-electron chi connectivity index (χ3n) is 5.83. The lowest BCUT2D eigenvalue weighted by atomic mass is 10.0. The van der Waals surface area contributed by atoms with Crippen molar-refractivity contribution in [2.24, 2.45) is 0 Å². The van der Waals surface area contributed by atoms with Crippen molar-refractivity contribution in [2.45, 2.75) is 25.9 Å². The number of aromatic nitrogens is 3. The topological polar surface area (TPSA) is 91.4 Å². The lowest BCUT2D eigenvalue weighted by Gasteiger charge is -2.20. The molecule has 0 saturated carbocycles. The zero-order chi connectivity index (χ0) is 25.6. The van der Waals surface area contributed by atoms with Gasteiger partial charge in [0.15, 0.2) is 11.4 Å². The van der Waals surface area contributed by atoms with Gasteiger partial charge < -0.3 is 9.72 Å². The van der Waals surface area contributed by atoms with Gasteiger partial charge in [0.2, 0.25) is 0 Å². The number of alkyl halides is 3. The number of hydrogen-bond donors (Lipinski definition) is 1. The van der Waals surface area contributed by atoms with E-state index in [1.54, 1.807) is 30.5 Å². The lowest BCUT2D eigenvalue weighted by molar-refractivity contribution is -0.137. The molecule has 5 rings (SSSR count). The standard InChI is InChI=1S/C25H20F3N5O3/c1-14(2)18-11-17(6-7-19(18)36-20-8-9-29-23-22(20)30-13-31-23)33-21(34)12-32(24(33)35)16-5-3-4-15(10-16)25(26,27)28/h3-11,13-14H,12H2,1-2H3,(H,29,30,31). The number of ether oxygens (including phenoxy) is 1. The van der Waals surface area contributed by atoms with Crippen molar-refractivity contribution >= 4 is 34.5 Å². The molecule has 2 aromatic heterocycles. The van der Waals surface area contributed by atoms with Crippen LogP contribution >= 0.6 is 0 Å². The highest BCUT2D eigenvalue weighted by atomic mass is 19.4. The van der Waals surface area contributed by atoms with Gasteiger partial charge in [0.05, 0.1) is 17.6 Å². The van der Waals surface area contributed by atoms with Crippen LogP contribution in [-0.4, -0.2) is 33.4 Å². The summed E-state index contributed by atoms with van der Waals surface area (Å²) in [5, 5.41) is 0. The largest absolute Gasteiger partial charge is 0.455 e. The second kappa shape index (κ2) is 8.67. The van der Waals surface area contributed by atoms with Crippen LogP contribution in [0.4, 0.5) is 29.3 Å². The molecule has 0 spiro atoms. The van der Waals surface area contributed by atoms with E-state index in [9.17, 15) is 22.8 Å². The van der Waals surface area contributed by atoms with Gasteiger partial charge in [-0.2, -0.15) is 13.2 Å². The minimum atomic E-state index is -4.57. The van der Waals surface area contributed by atoms with Crippen LogP contribution < -0.4 is 14.5 Å². The van der Waals surface area contributed by atoms with Gasteiger partial charge in [-0.15, -0.1) is 0 Å². The molecule has 1 N–H and O–H groups in total. The smallest absolute Gasteiger partial charge is 0.416 e. The number of amides is 3. The number of nitrogens with one attached hydrogen (secondary N) is 1. The summed E-state index contributed by atoms with van der Waals surface area (Å²) in [4.78, 5) is 39.2. The molecule has 0 bridgehead atoms. The van der Waals surface area contributed by atoms with Gasteiger partial charge in [-0.3, -0.25) is 9.69 Å². The molecule has 3 heterocycles. The third kappa shape index (κ3) is 4.12. The number of hydrogen-bond acceptors (Lipinski definition) is 5. The monoisotopic (exact) mass is 495 g/mol. The number of rotatable bonds is 5. The Bertz CT molecular complexity index is 1480. The molecule has 0 atom stereocenters. The molecule has 1 aliphatic heterocycles. The number of halogens is 3. The average Bonchev–Trinajstić information content (AvgIpc) is 3.43. The van der Waals surface area contributed by atoms with Crippen LogP contribution in [0.15, 0.2) is 61.1 Å². The molecule has 4 aromatic rings. The quantitative estimate of drug-likeness (QED) is 0.350. The number of benzene rings is 2. The zero-order valence-corrected chi connectivity index (χ0v) is 19.2. The van der Waals surface area contributed by atoms with Gasteiger partial charge >= 0.3 is 12.2 Å². The van der Waals surface area contributed by atoms with E-state index in [1.807, 2.05) is 13.8 Å². The fourth-order valence-electron chi connectivity index (χ4n) is 4.06. The van der Waals surface area contributed by atoms with Crippen molar-refractivity contribution in [3.8, 4) is 11.5 Å². The Morgan fingerprint density at radius 3 is 2.56 bits per heavy atom. The number of anilines is 2. The molecule has 1 saturated heterocycles. The van der Waals surface area contributed by atoms with Crippen LogP contribution in [0.5, 0.6) is 11.5 Å². The number of aromatic amines is 1. The Balaban J connectivity index is 1.46. The number of nitrogens with zero attached hydrogens (tertiary/aromatic N) is 4. The second-order valence-electron chi connectivity index (χ2n) is 8.54. The molecular formula is C25H20F3N5O3. The minimum absolute atomic E-state index is 0.00373. The highest BCUT2D eigenvalue weighted by Gasteiger charge is 2.39. The summed E-state index contributed by atoms with van der Waals surface area (Å²) in [6.45, 7) is 3.50. The number of urea groups is 1. The molecule has 3 amide bonds. The highest BCUT2D eigenvalue weighted by Crippen LogP contribution is 2.37. The Morgan fingerprint density at radius 2 is 1.81 bits per heavy atom. The summed E-state index contributed by atoms with van der Waals surface area (Å²) in [6, 6.07) is 10.2. The first-order valence-electron chi connectivity index (χ1n) is 11.0. The van der Waals surface area contributed by atoms with Gasteiger partial charge in [-0.1, -0.05) is 19.9 Å². The molecule has 1 aliphatic rings. The van der Waals surface area contributed by atoms with Crippen LogP contribution in [0.25, 0.3) is 11.2 Å². The molecule has 0 radical (unpaired) electrons. The van der Waals surface area contributed by atoms with Gasteiger partial charge in [-0.25, -0.2) is 19.7 Å². The number of imide groups is 1. The normalized spacial score (nSPS) is 14.4. The van der Waals surface area contributed by atoms with Crippen LogP contribution in [0.2, 0.25) is 0 Å².